The molecule has 2 rings (SSSR count). The summed E-state index contributed by atoms with van der Waals surface area (Å²) in [5.74, 6) is 0.596. The van der Waals surface area contributed by atoms with Crippen molar-refractivity contribution in [3.8, 4) is 5.75 Å². The van der Waals surface area contributed by atoms with E-state index in [1.54, 1.807) is 18.1 Å². The largest absolute Gasteiger partial charge is 0.497 e. The normalized spacial score (nSPS) is 15.4. The number of methoxy groups -OCH3 is 2. The number of ether oxygens (including phenoxy) is 2. The number of likely N-dealkylation sites (tertiary alicyclic amines) is 1. The Morgan fingerprint density at radius 3 is 2.57 bits per heavy atom. The quantitative estimate of drug-likeness (QED) is 0.926. The second kappa shape index (κ2) is 6.97. The van der Waals surface area contributed by atoms with E-state index in [-0.39, 0.29) is 17.9 Å². The Morgan fingerprint density at radius 2 is 1.95 bits per heavy atom. The third-order valence-corrected chi connectivity index (χ3v) is 3.64. The van der Waals surface area contributed by atoms with E-state index >= 15 is 0 Å². The molecule has 1 aliphatic heterocycles. The van der Waals surface area contributed by atoms with Crippen LogP contribution >= 0.6 is 0 Å². The van der Waals surface area contributed by atoms with Gasteiger partial charge in [-0.3, -0.25) is 4.79 Å². The molecule has 6 nitrogen and oxygen atoms in total. The molecule has 0 aromatic heterocycles. The molecule has 0 atom stereocenters. The van der Waals surface area contributed by atoms with Gasteiger partial charge in [0.25, 0.3) is 0 Å². The number of anilines is 1. The van der Waals surface area contributed by atoms with Crippen LogP contribution in [0.1, 0.15) is 12.8 Å². The molecule has 1 aromatic rings. The van der Waals surface area contributed by atoms with Crippen molar-refractivity contribution >= 4 is 17.7 Å². The number of amides is 2. The van der Waals surface area contributed by atoms with Crippen LogP contribution in [0.5, 0.6) is 5.75 Å². The lowest BCUT2D eigenvalue weighted by molar-refractivity contribution is -0.121. The maximum absolute atomic E-state index is 12.2. The van der Waals surface area contributed by atoms with Gasteiger partial charge in [-0.2, -0.15) is 0 Å². The van der Waals surface area contributed by atoms with Gasteiger partial charge in [0, 0.05) is 30.8 Å². The van der Waals surface area contributed by atoms with Crippen LogP contribution in [0.3, 0.4) is 0 Å². The first kappa shape index (κ1) is 15.2. The lowest BCUT2D eigenvalue weighted by Gasteiger charge is -2.30. The van der Waals surface area contributed by atoms with Crippen LogP contribution in [0.15, 0.2) is 24.3 Å². The number of carbonyl (C=O) groups is 2. The molecule has 6 heteroatoms. The van der Waals surface area contributed by atoms with Crippen molar-refractivity contribution in [1.29, 1.82) is 0 Å². The molecule has 21 heavy (non-hydrogen) atoms. The monoisotopic (exact) mass is 292 g/mol. The van der Waals surface area contributed by atoms with E-state index < -0.39 is 0 Å². The molecule has 1 fully saturated rings. The molecule has 0 bridgehead atoms. The first-order valence-corrected chi connectivity index (χ1v) is 6.92. The number of rotatable bonds is 3. The highest BCUT2D eigenvalue weighted by Gasteiger charge is 2.27. The summed E-state index contributed by atoms with van der Waals surface area (Å²) in [4.78, 5) is 25.2. The van der Waals surface area contributed by atoms with Crippen LogP contribution in [0, 0.1) is 5.92 Å². The van der Waals surface area contributed by atoms with Crippen molar-refractivity contribution in [2.45, 2.75) is 12.8 Å². The second-order valence-electron chi connectivity index (χ2n) is 4.95. The maximum Gasteiger partial charge on any atom is 0.409 e. The highest BCUT2D eigenvalue weighted by Crippen LogP contribution is 2.22. The van der Waals surface area contributed by atoms with Gasteiger partial charge in [-0.25, -0.2) is 4.79 Å². The summed E-state index contributed by atoms with van der Waals surface area (Å²) in [6.07, 6.45) is 0.956. The van der Waals surface area contributed by atoms with E-state index in [0.29, 0.717) is 31.7 Å². The van der Waals surface area contributed by atoms with E-state index in [4.69, 9.17) is 4.74 Å². The molecule has 0 radical (unpaired) electrons. The molecule has 1 saturated heterocycles. The maximum atomic E-state index is 12.2. The Balaban J connectivity index is 1.88. The number of nitrogens with zero attached hydrogens (tertiary/aromatic N) is 1. The fourth-order valence-electron chi connectivity index (χ4n) is 2.40. The van der Waals surface area contributed by atoms with Crippen LogP contribution in [0.25, 0.3) is 0 Å². The third-order valence-electron chi connectivity index (χ3n) is 3.64. The fraction of sp³-hybridized carbons (Fsp3) is 0.467. The van der Waals surface area contributed by atoms with Crippen molar-refractivity contribution in [3.05, 3.63) is 24.3 Å². The fourth-order valence-corrected chi connectivity index (χ4v) is 2.40. The molecule has 114 valence electrons. The van der Waals surface area contributed by atoms with Gasteiger partial charge in [0.1, 0.15) is 5.75 Å². The van der Waals surface area contributed by atoms with E-state index in [0.717, 1.165) is 5.69 Å². The van der Waals surface area contributed by atoms with Crippen LogP contribution in [-0.4, -0.2) is 44.2 Å². The molecule has 2 amide bonds. The van der Waals surface area contributed by atoms with Gasteiger partial charge in [-0.05, 0) is 25.0 Å². The molecule has 0 spiro atoms. The Bertz CT molecular complexity index is 510. The molecule has 1 N–H and O–H groups in total. The van der Waals surface area contributed by atoms with Crippen LogP contribution in [-0.2, 0) is 9.53 Å². The number of benzene rings is 1. The van der Waals surface area contributed by atoms with Gasteiger partial charge in [-0.1, -0.05) is 6.07 Å². The van der Waals surface area contributed by atoms with Crippen molar-refractivity contribution < 1.29 is 19.1 Å². The van der Waals surface area contributed by atoms with Crippen molar-refractivity contribution in [1.82, 2.24) is 4.90 Å². The predicted octanol–water partition coefficient (Wildman–Crippen LogP) is 2.11. The van der Waals surface area contributed by atoms with E-state index in [9.17, 15) is 9.59 Å². The Kier molecular flexibility index (Phi) is 5.03. The van der Waals surface area contributed by atoms with E-state index in [1.165, 1.54) is 7.11 Å². The molecule has 0 aliphatic carbocycles. The predicted molar refractivity (Wildman–Crippen MR) is 78.3 cm³/mol. The van der Waals surface area contributed by atoms with Gasteiger partial charge in [-0.15, -0.1) is 0 Å². The number of hydrogen-bond donors (Lipinski definition) is 1. The highest BCUT2D eigenvalue weighted by atomic mass is 16.5. The third kappa shape index (κ3) is 3.87. The molecule has 1 aliphatic rings. The Labute approximate surface area is 124 Å². The number of hydrogen-bond acceptors (Lipinski definition) is 4. The van der Waals surface area contributed by atoms with Crippen molar-refractivity contribution in [2.24, 2.45) is 5.92 Å². The van der Waals surface area contributed by atoms with Gasteiger partial charge in [0.05, 0.1) is 14.2 Å². The lowest BCUT2D eigenvalue weighted by atomic mass is 9.96. The summed E-state index contributed by atoms with van der Waals surface area (Å²) in [7, 11) is 2.95. The standard InChI is InChI=1S/C15H20N2O4/c1-20-13-5-3-4-12(10-13)16-14(18)11-6-8-17(9-7-11)15(19)21-2/h3-5,10-11H,6-9H2,1-2H3,(H,16,18). The van der Waals surface area contributed by atoms with Crippen LogP contribution < -0.4 is 10.1 Å². The summed E-state index contributed by atoms with van der Waals surface area (Å²) in [6.45, 7) is 1.09. The lowest BCUT2D eigenvalue weighted by Crippen LogP contribution is -2.41. The topological polar surface area (TPSA) is 67.9 Å². The number of piperidine rings is 1. The molecule has 0 unspecified atom stereocenters. The van der Waals surface area contributed by atoms with Crippen molar-refractivity contribution in [3.63, 3.8) is 0 Å². The van der Waals surface area contributed by atoms with E-state index in [1.807, 2.05) is 18.2 Å². The molecule has 1 aromatic carbocycles. The van der Waals surface area contributed by atoms with E-state index in [2.05, 4.69) is 10.1 Å². The minimum Gasteiger partial charge on any atom is -0.497 e. The Hall–Kier alpha value is -2.24. The summed E-state index contributed by atoms with van der Waals surface area (Å²) >= 11 is 0. The molecule has 0 saturated carbocycles. The zero-order valence-corrected chi connectivity index (χ0v) is 12.3. The van der Waals surface area contributed by atoms with Crippen molar-refractivity contribution in [2.75, 3.05) is 32.6 Å². The van der Waals surface area contributed by atoms with Gasteiger partial charge in [0.2, 0.25) is 5.91 Å². The summed E-state index contributed by atoms with van der Waals surface area (Å²) in [6, 6.07) is 7.25. The highest BCUT2D eigenvalue weighted by molar-refractivity contribution is 5.92. The second-order valence-corrected chi connectivity index (χ2v) is 4.95. The number of nitrogens with one attached hydrogen (secondary N) is 1. The smallest absolute Gasteiger partial charge is 0.409 e. The van der Waals surface area contributed by atoms with Gasteiger partial charge in [0.15, 0.2) is 0 Å². The summed E-state index contributed by atoms with van der Waals surface area (Å²) < 4.78 is 9.80. The average molecular weight is 292 g/mol. The first-order chi connectivity index (χ1) is 10.1. The first-order valence-electron chi connectivity index (χ1n) is 6.92. The van der Waals surface area contributed by atoms with Crippen LogP contribution in [0.2, 0.25) is 0 Å². The van der Waals surface area contributed by atoms with Crippen LogP contribution in [0.4, 0.5) is 10.5 Å². The zero-order valence-electron chi connectivity index (χ0n) is 12.3. The SMILES string of the molecule is COC(=O)N1CCC(C(=O)Nc2cccc(OC)c2)CC1. The zero-order chi connectivity index (χ0) is 15.2. The minimum atomic E-state index is -0.332. The average Bonchev–Trinajstić information content (AvgIpc) is 2.54. The minimum absolute atomic E-state index is 0.0206. The number of carbonyl (C=O) groups excluding carboxylic acids is 2. The molecule has 1 heterocycles. The molecular weight excluding hydrogens is 272 g/mol. The molecular formula is C15H20N2O4. The summed E-state index contributed by atoms with van der Waals surface area (Å²) in [5.41, 5.74) is 0.717. The van der Waals surface area contributed by atoms with Gasteiger partial charge < -0.3 is 19.7 Å². The van der Waals surface area contributed by atoms with Gasteiger partial charge >= 0.3 is 6.09 Å². The Morgan fingerprint density at radius 1 is 1.24 bits per heavy atom. The summed E-state index contributed by atoms with van der Waals surface area (Å²) in [5, 5.41) is 2.89.